The highest BCUT2D eigenvalue weighted by atomic mass is 79.9. The summed E-state index contributed by atoms with van der Waals surface area (Å²) >= 11 is 5.17. The molecule has 0 aliphatic heterocycles. The molecular formula is C15H15BrFNS. The molecule has 2 aromatic carbocycles. The Morgan fingerprint density at radius 2 is 2.00 bits per heavy atom. The summed E-state index contributed by atoms with van der Waals surface area (Å²) in [7, 11) is 0. The number of thioether (sulfide) groups is 1. The summed E-state index contributed by atoms with van der Waals surface area (Å²) in [4.78, 5) is 1.14. The van der Waals surface area contributed by atoms with Crippen LogP contribution < -0.4 is 5.73 Å². The van der Waals surface area contributed by atoms with Crippen molar-refractivity contribution in [2.24, 2.45) is 5.73 Å². The summed E-state index contributed by atoms with van der Waals surface area (Å²) in [6.07, 6.45) is 0. The van der Waals surface area contributed by atoms with Gasteiger partial charge in [0.2, 0.25) is 0 Å². The Bertz CT molecular complexity index is 574. The highest BCUT2D eigenvalue weighted by molar-refractivity contribution is 9.10. The summed E-state index contributed by atoms with van der Waals surface area (Å²) < 4.78 is 14.6. The van der Waals surface area contributed by atoms with Gasteiger partial charge in [0.15, 0.2) is 0 Å². The number of benzene rings is 2. The fourth-order valence-corrected chi connectivity index (χ4v) is 3.24. The van der Waals surface area contributed by atoms with Gasteiger partial charge in [0.1, 0.15) is 5.82 Å². The van der Waals surface area contributed by atoms with Gasteiger partial charge in [-0.2, -0.15) is 0 Å². The molecule has 0 bridgehead atoms. The van der Waals surface area contributed by atoms with Crippen LogP contribution in [0.5, 0.6) is 0 Å². The van der Waals surface area contributed by atoms with Gasteiger partial charge in [-0.1, -0.05) is 24.3 Å². The maximum absolute atomic E-state index is 13.5. The van der Waals surface area contributed by atoms with Gasteiger partial charge in [-0.05, 0) is 52.2 Å². The van der Waals surface area contributed by atoms with Crippen LogP contribution in [0.15, 0.2) is 51.8 Å². The lowest BCUT2D eigenvalue weighted by molar-refractivity contribution is 0.613. The second kappa shape index (κ2) is 6.55. The smallest absolute Gasteiger partial charge is 0.126 e. The van der Waals surface area contributed by atoms with E-state index >= 15 is 0 Å². The Hall–Kier alpha value is -0.840. The molecule has 0 saturated carbocycles. The van der Waals surface area contributed by atoms with E-state index < -0.39 is 0 Å². The van der Waals surface area contributed by atoms with Crippen molar-refractivity contribution >= 4 is 27.7 Å². The van der Waals surface area contributed by atoms with Gasteiger partial charge in [-0.3, -0.25) is 0 Å². The fourth-order valence-electron chi connectivity index (χ4n) is 1.68. The van der Waals surface area contributed by atoms with E-state index in [1.807, 2.05) is 30.3 Å². The van der Waals surface area contributed by atoms with E-state index in [-0.39, 0.29) is 11.9 Å². The molecule has 1 atom stereocenters. The molecule has 19 heavy (non-hydrogen) atoms. The molecule has 0 aliphatic rings. The van der Waals surface area contributed by atoms with E-state index in [2.05, 4.69) is 15.9 Å². The zero-order valence-electron chi connectivity index (χ0n) is 10.6. The van der Waals surface area contributed by atoms with Crippen LogP contribution in [0.4, 0.5) is 4.39 Å². The third kappa shape index (κ3) is 3.81. The van der Waals surface area contributed by atoms with Crippen LogP contribution in [-0.2, 0) is 0 Å². The Balaban J connectivity index is 2.03. The molecule has 0 aromatic heterocycles. The number of nitrogens with two attached hydrogens (primary N) is 1. The number of halogens is 2. The molecule has 0 radical (unpaired) electrons. The number of aryl methyl sites for hydroxylation is 1. The summed E-state index contributed by atoms with van der Waals surface area (Å²) in [5.41, 5.74) is 7.59. The fraction of sp³-hybridized carbons (Fsp3) is 0.200. The highest BCUT2D eigenvalue weighted by Crippen LogP contribution is 2.29. The molecule has 2 N–H and O–H groups in total. The lowest BCUT2D eigenvalue weighted by Crippen LogP contribution is -2.13. The van der Waals surface area contributed by atoms with Crippen molar-refractivity contribution in [3.63, 3.8) is 0 Å². The first-order chi connectivity index (χ1) is 9.08. The van der Waals surface area contributed by atoms with E-state index in [9.17, 15) is 4.39 Å². The lowest BCUT2D eigenvalue weighted by Gasteiger charge is -2.13. The van der Waals surface area contributed by atoms with Crippen molar-refractivity contribution in [2.75, 3.05) is 5.75 Å². The first-order valence-corrected chi connectivity index (χ1v) is 7.75. The molecular weight excluding hydrogens is 325 g/mol. The lowest BCUT2D eigenvalue weighted by atomic mass is 10.1. The van der Waals surface area contributed by atoms with Gasteiger partial charge >= 0.3 is 0 Å². The molecule has 2 rings (SSSR count). The first-order valence-electron chi connectivity index (χ1n) is 5.97. The maximum Gasteiger partial charge on any atom is 0.126 e. The Morgan fingerprint density at radius 3 is 2.68 bits per heavy atom. The standard InChI is InChI=1S/C15H15BrFNS/c1-10-6-7-11(8-13(10)17)14(18)9-19-15-5-3-2-4-12(15)16/h2-8,14H,9,18H2,1H3. The quantitative estimate of drug-likeness (QED) is 0.817. The zero-order valence-corrected chi connectivity index (χ0v) is 13.0. The van der Waals surface area contributed by atoms with Crippen molar-refractivity contribution < 1.29 is 4.39 Å². The monoisotopic (exact) mass is 339 g/mol. The Morgan fingerprint density at radius 1 is 1.26 bits per heavy atom. The van der Waals surface area contributed by atoms with E-state index in [1.165, 1.54) is 6.07 Å². The minimum Gasteiger partial charge on any atom is -0.323 e. The molecule has 0 fully saturated rings. The average molecular weight is 340 g/mol. The van der Waals surface area contributed by atoms with Crippen molar-refractivity contribution in [3.05, 3.63) is 63.9 Å². The van der Waals surface area contributed by atoms with E-state index in [0.717, 1.165) is 14.9 Å². The van der Waals surface area contributed by atoms with Crippen LogP contribution in [0.2, 0.25) is 0 Å². The third-order valence-electron chi connectivity index (χ3n) is 2.88. The van der Waals surface area contributed by atoms with Crippen molar-refractivity contribution in [1.29, 1.82) is 0 Å². The SMILES string of the molecule is Cc1ccc(C(N)CSc2ccccc2Br)cc1F. The number of rotatable bonds is 4. The average Bonchev–Trinajstić information content (AvgIpc) is 2.40. The molecule has 100 valence electrons. The van der Waals surface area contributed by atoms with Gasteiger partial charge in [-0.15, -0.1) is 11.8 Å². The van der Waals surface area contributed by atoms with Gasteiger partial charge in [0, 0.05) is 21.2 Å². The van der Waals surface area contributed by atoms with Gasteiger partial charge < -0.3 is 5.73 Å². The topological polar surface area (TPSA) is 26.0 Å². The first kappa shape index (κ1) is 14.6. The third-order valence-corrected chi connectivity index (χ3v) is 5.03. The second-order valence-electron chi connectivity index (χ2n) is 4.36. The van der Waals surface area contributed by atoms with Crippen LogP contribution in [-0.4, -0.2) is 5.75 Å². The summed E-state index contributed by atoms with van der Waals surface area (Å²) in [6.45, 7) is 1.75. The van der Waals surface area contributed by atoms with Crippen LogP contribution >= 0.6 is 27.7 Å². The summed E-state index contributed by atoms with van der Waals surface area (Å²) in [5.74, 6) is 0.518. The normalized spacial score (nSPS) is 12.4. The van der Waals surface area contributed by atoms with E-state index in [4.69, 9.17) is 5.73 Å². The second-order valence-corrected chi connectivity index (χ2v) is 6.27. The van der Waals surface area contributed by atoms with Crippen LogP contribution in [0, 0.1) is 12.7 Å². The molecule has 0 spiro atoms. The molecule has 2 aromatic rings. The Kier molecular flexibility index (Phi) is 5.02. The molecule has 1 nitrogen and oxygen atoms in total. The van der Waals surface area contributed by atoms with Gasteiger partial charge in [-0.25, -0.2) is 4.39 Å². The number of hydrogen-bond donors (Lipinski definition) is 1. The minimum absolute atomic E-state index is 0.174. The van der Waals surface area contributed by atoms with Crippen molar-refractivity contribution in [3.8, 4) is 0 Å². The van der Waals surface area contributed by atoms with E-state index in [0.29, 0.717) is 11.3 Å². The van der Waals surface area contributed by atoms with Crippen molar-refractivity contribution in [2.45, 2.75) is 17.9 Å². The van der Waals surface area contributed by atoms with Gasteiger partial charge in [0.05, 0.1) is 0 Å². The summed E-state index contributed by atoms with van der Waals surface area (Å²) in [5, 5.41) is 0. The van der Waals surface area contributed by atoms with E-state index in [1.54, 1.807) is 24.8 Å². The molecule has 0 aliphatic carbocycles. The Labute approximate surface area is 125 Å². The molecule has 1 unspecified atom stereocenters. The predicted octanol–water partition coefficient (Wildman–Crippen LogP) is 4.69. The van der Waals surface area contributed by atoms with Crippen LogP contribution in [0.3, 0.4) is 0 Å². The zero-order chi connectivity index (χ0) is 13.8. The molecule has 0 amide bonds. The van der Waals surface area contributed by atoms with Gasteiger partial charge in [0.25, 0.3) is 0 Å². The predicted molar refractivity (Wildman–Crippen MR) is 82.9 cm³/mol. The maximum atomic E-state index is 13.5. The minimum atomic E-state index is -0.196. The highest BCUT2D eigenvalue weighted by Gasteiger charge is 2.10. The molecule has 4 heteroatoms. The van der Waals surface area contributed by atoms with Crippen molar-refractivity contribution in [1.82, 2.24) is 0 Å². The molecule has 0 heterocycles. The summed E-state index contributed by atoms with van der Waals surface area (Å²) in [6, 6.07) is 13.0. The largest absolute Gasteiger partial charge is 0.323 e. The number of hydrogen-bond acceptors (Lipinski definition) is 2. The van der Waals surface area contributed by atoms with Crippen LogP contribution in [0.25, 0.3) is 0 Å². The molecule has 0 saturated heterocycles. The van der Waals surface area contributed by atoms with Crippen LogP contribution in [0.1, 0.15) is 17.2 Å².